The van der Waals surface area contributed by atoms with Gasteiger partial charge in [-0.15, -0.1) is 0 Å². The zero-order chi connectivity index (χ0) is 17.7. The summed E-state index contributed by atoms with van der Waals surface area (Å²) in [4.78, 5) is 24.0. The van der Waals surface area contributed by atoms with Crippen molar-refractivity contribution in [2.45, 2.75) is 13.5 Å². The maximum Gasteiger partial charge on any atom is 0.387 e. The fraction of sp³-hybridized carbons (Fsp3) is 0.176. The van der Waals surface area contributed by atoms with Gasteiger partial charge in [0.15, 0.2) is 0 Å². The normalized spacial score (nSPS) is 10.4. The van der Waals surface area contributed by atoms with Crippen LogP contribution in [0.15, 0.2) is 42.5 Å². The van der Waals surface area contributed by atoms with Gasteiger partial charge in [0.2, 0.25) is 0 Å². The SMILES string of the molecule is COC(=O)c1cccc(NC(=O)c2ccccc2OC(F)F)c1C. The molecule has 0 radical (unpaired) electrons. The van der Waals surface area contributed by atoms with Gasteiger partial charge < -0.3 is 14.8 Å². The summed E-state index contributed by atoms with van der Waals surface area (Å²) in [5.74, 6) is -1.40. The minimum atomic E-state index is -3.04. The number of benzene rings is 2. The molecule has 24 heavy (non-hydrogen) atoms. The Labute approximate surface area is 137 Å². The zero-order valence-electron chi connectivity index (χ0n) is 13.0. The smallest absolute Gasteiger partial charge is 0.387 e. The molecule has 126 valence electrons. The molecule has 0 bridgehead atoms. The van der Waals surface area contributed by atoms with Crippen LogP contribution in [-0.2, 0) is 4.74 Å². The molecule has 2 rings (SSSR count). The van der Waals surface area contributed by atoms with Crippen LogP contribution in [0.3, 0.4) is 0 Å². The van der Waals surface area contributed by atoms with E-state index in [4.69, 9.17) is 0 Å². The Kier molecular flexibility index (Phi) is 5.47. The number of nitrogens with one attached hydrogen (secondary N) is 1. The molecular weight excluding hydrogens is 320 g/mol. The van der Waals surface area contributed by atoms with E-state index in [1.165, 1.54) is 31.4 Å². The number of hydrogen-bond donors (Lipinski definition) is 1. The number of amides is 1. The largest absolute Gasteiger partial charge is 0.465 e. The first-order valence-electron chi connectivity index (χ1n) is 6.97. The summed E-state index contributed by atoms with van der Waals surface area (Å²) in [7, 11) is 1.25. The second-order valence-corrected chi connectivity index (χ2v) is 4.80. The number of hydrogen-bond acceptors (Lipinski definition) is 4. The highest BCUT2D eigenvalue weighted by molar-refractivity contribution is 6.07. The van der Waals surface area contributed by atoms with Crippen molar-refractivity contribution in [2.24, 2.45) is 0 Å². The van der Waals surface area contributed by atoms with E-state index < -0.39 is 18.5 Å². The molecule has 2 aromatic rings. The van der Waals surface area contributed by atoms with E-state index >= 15 is 0 Å². The summed E-state index contributed by atoms with van der Waals surface area (Å²) in [5, 5.41) is 2.59. The van der Waals surface area contributed by atoms with E-state index in [1.807, 2.05) is 0 Å². The van der Waals surface area contributed by atoms with E-state index in [2.05, 4.69) is 14.8 Å². The number of rotatable bonds is 5. The van der Waals surface area contributed by atoms with E-state index in [1.54, 1.807) is 25.1 Å². The second kappa shape index (κ2) is 7.54. The topological polar surface area (TPSA) is 64.6 Å². The molecule has 0 aliphatic heterocycles. The van der Waals surface area contributed by atoms with Gasteiger partial charge in [0, 0.05) is 5.69 Å². The Morgan fingerprint density at radius 2 is 1.71 bits per heavy atom. The van der Waals surface area contributed by atoms with Crippen molar-refractivity contribution in [3.8, 4) is 5.75 Å². The Hall–Kier alpha value is -2.96. The Morgan fingerprint density at radius 1 is 1.04 bits per heavy atom. The van der Waals surface area contributed by atoms with E-state index in [9.17, 15) is 18.4 Å². The van der Waals surface area contributed by atoms with Gasteiger partial charge in [-0.25, -0.2) is 4.79 Å². The number of carbonyl (C=O) groups is 2. The van der Waals surface area contributed by atoms with Crippen molar-refractivity contribution in [3.05, 3.63) is 59.2 Å². The van der Waals surface area contributed by atoms with Crippen LogP contribution >= 0.6 is 0 Å². The number of carbonyl (C=O) groups excluding carboxylic acids is 2. The first-order chi connectivity index (χ1) is 11.4. The highest BCUT2D eigenvalue weighted by Crippen LogP contribution is 2.24. The van der Waals surface area contributed by atoms with Crippen molar-refractivity contribution < 1.29 is 27.8 Å². The summed E-state index contributed by atoms with van der Waals surface area (Å²) in [6.45, 7) is -1.40. The third-order valence-corrected chi connectivity index (χ3v) is 3.34. The lowest BCUT2D eigenvalue weighted by molar-refractivity contribution is -0.0501. The summed E-state index contributed by atoms with van der Waals surface area (Å²) >= 11 is 0. The molecule has 0 unspecified atom stereocenters. The molecule has 0 aromatic heterocycles. The fourth-order valence-electron chi connectivity index (χ4n) is 2.14. The molecule has 7 heteroatoms. The van der Waals surface area contributed by atoms with Gasteiger partial charge in [-0.05, 0) is 36.8 Å². The van der Waals surface area contributed by atoms with Crippen LogP contribution in [0.25, 0.3) is 0 Å². The van der Waals surface area contributed by atoms with Gasteiger partial charge in [0.25, 0.3) is 5.91 Å². The number of ether oxygens (including phenoxy) is 2. The molecule has 0 spiro atoms. The Bertz CT molecular complexity index is 762. The van der Waals surface area contributed by atoms with Gasteiger partial charge >= 0.3 is 12.6 Å². The van der Waals surface area contributed by atoms with Crippen LogP contribution in [0.5, 0.6) is 5.75 Å². The molecule has 2 aromatic carbocycles. The molecule has 1 amide bonds. The lowest BCUT2D eigenvalue weighted by Gasteiger charge is -2.13. The van der Waals surface area contributed by atoms with Crippen LogP contribution in [0.4, 0.5) is 14.5 Å². The van der Waals surface area contributed by atoms with Gasteiger partial charge in [0.05, 0.1) is 18.2 Å². The van der Waals surface area contributed by atoms with Gasteiger partial charge in [-0.2, -0.15) is 8.78 Å². The van der Waals surface area contributed by atoms with Crippen LogP contribution < -0.4 is 10.1 Å². The first-order valence-corrected chi connectivity index (χ1v) is 6.97. The van der Waals surface area contributed by atoms with Crippen molar-refractivity contribution >= 4 is 17.6 Å². The molecule has 0 saturated carbocycles. The molecule has 0 fully saturated rings. The Morgan fingerprint density at radius 3 is 2.38 bits per heavy atom. The predicted molar refractivity (Wildman–Crippen MR) is 83.5 cm³/mol. The molecule has 0 saturated heterocycles. The van der Waals surface area contributed by atoms with Crippen molar-refractivity contribution in [2.75, 3.05) is 12.4 Å². The van der Waals surface area contributed by atoms with Gasteiger partial charge in [0.1, 0.15) is 5.75 Å². The summed E-state index contributed by atoms with van der Waals surface area (Å²) in [5.41, 5.74) is 1.13. The lowest BCUT2D eigenvalue weighted by Crippen LogP contribution is -2.16. The molecule has 1 N–H and O–H groups in total. The monoisotopic (exact) mass is 335 g/mol. The number of alkyl halides is 2. The summed E-state index contributed by atoms with van der Waals surface area (Å²) < 4.78 is 33.9. The minimum absolute atomic E-state index is 0.0410. The highest BCUT2D eigenvalue weighted by atomic mass is 19.3. The lowest BCUT2D eigenvalue weighted by atomic mass is 10.1. The van der Waals surface area contributed by atoms with E-state index in [-0.39, 0.29) is 11.3 Å². The quantitative estimate of drug-likeness (QED) is 0.848. The third-order valence-electron chi connectivity index (χ3n) is 3.34. The minimum Gasteiger partial charge on any atom is -0.465 e. The standard InChI is InChI=1S/C17H15F2NO4/c1-10-11(16(22)23-2)7-5-8-13(10)20-15(21)12-6-3-4-9-14(12)24-17(18)19/h3-9,17H,1-2H3,(H,20,21). The number of halogens is 2. The molecular formula is C17H15F2NO4. The molecule has 0 aliphatic rings. The van der Waals surface area contributed by atoms with Crippen LogP contribution in [-0.4, -0.2) is 25.6 Å². The van der Waals surface area contributed by atoms with Crippen LogP contribution in [0.2, 0.25) is 0 Å². The number of methoxy groups -OCH3 is 1. The average Bonchev–Trinajstić information content (AvgIpc) is 2.56. The Balaban J connectivity index is 2.30. The highest BCUT2D eigenvalue weighted by Gasteiger charge is 2.18. The van der Waals surface area contributed by atoms with Crippen molar-refractivity contribution in [1.82, 2.24) is 0 Å². The zero-order valence-corrected chi connectivity index (χ0v) is 13.0. The molecule has 0 heterocycles. The van der Waals surface area contributed by atoms with E-state index in [0.29, 0.717) is 16.8 Å². The van der Waals surface area contributed by atoms with Crippen molar-refractivity contribution in [3.63, 3.8) is 0 Å². The predicted octanol–water partition coefficient (Wildman–Crippen LogP) is 3.64. The van der Waals surface area contributed by atoms with Gasteiger partial charge in [-0.1, -0.05) is 18.2 Å². The maximum atomic E-state index is 12.4. The maximum absolute atomic E-state index is 12.4. The molecule has 0 aliphatic carbocycles. The average molecular weight is 335 g/mol. The second-order valence-electron chi connectivity index (χ2n) is 4.80. The number of esters is 1. The van der Waals surface area contributed by atoms with Crippen LogP contribution in [0, 0.1) is 6.92 Å². The molecule has 0 atom stereocenters. The first kappa shape index (κ1) is 17.4. The summed E-state index contributed by atoms with van der Waals surface area (Å²) in [6.07, 6.45) is 0. The number of para-hydroxylation sites is 1. The fourth-order valence-corrected chi connectivity index (χ4v) is 2.14. The van der Waals surface area contributed by atoms with Crippen LogP contribution in [0.1, 0.15) is 26.3 Å². The van der Waals surface area contributed by atoms with Crippen molar-refractivity contribution in [1.29, 1.82) is 0 Å². The third kappa shape index (κ3) is 3.87. The summed E-state index contributed by atoms with van der Waals surface area (Å²) in [6, 6.07) is 10.4. The van der Waals surface area contributed by atoms with Gasteiger partial charge in [-0.3, -0.25) is 4.79 Å². The van der Waals surface area contributed by atoms with E-state index in [0.717, 1.165) is 0 Å². The number of anilines is 1. The molecule has 5 nitrogen and oxygen atoms in total.